The summed E-state index contributed by atoms with van der Waals surface area (Å²) in [6, 6.07) is -0.309. The van der Waals surface area contributed by atoms with Gasteiger partial charge in [0.15, 0.2) is 0 Å². The molecule has 1 rings (SSSR count). The highest BCUT2D eigenvalue weighted by molar-refractivity contribution is 5.95. The Morgan fingerprint density at radius 1 is 1.39 bits per heavy atom. The molecule has 3 amide bonds. The highest BCUT2D eigenvalue weighted by Gasteiger charge is 2.24. The van der Waals surface area contributed by atoms with E-state index in [2.05, 4.69) is 17.6 Å². The summed E-state index contributed by atoms with van der Waals surface area (Å²) < 4.78 is 0. The number of nitrogens with two attached hydrogens (primary N) is 1. The van der Waals surface area contributed by atoms with Crippen LogP contribution >= 0.6 is 0 Å². The van der Waals surface area contributed by atoms with Crippen molar-refractivity contribution in [3.8, 4) is 0 Å². The maximum Gasteiger partial charge on any atom is 0.321 e. The summed E-state index contributed by atoms with van der Waals surface area (Å²) in [4.78, 5) is 25.0. The molecule has 0 bridgehead atoms. The van der Waals surface area contributed by atoms with Crippen molar-refractivity contribution in [1.29, 1.82) is 0 Å². The Morgan fingerprint density at radius 3 is 2.61 bits per heavy atom. The lowest BCUT2D eigenvalue weighted by molar-refractivity contribution is -0.121. The van der Waals surface area contributed by atoms with Crippen molar-refractivity contribution in [1.82, 2.24) is 15.5 Å². The van der Waals surface area contributed by atoms with E-state index in [-0.39, 0.29) is 24.5 Å². The molecule has 0 saturated carbocycles. The molecule has 4 N–H and O–H groups in total. The molecule has 0 radical (unpaired) electrons. The molecule has 6 nitrogen and oxygen atoms in total. The highest BCUT2D eigenvalue weighted by atomic mass is 16.2. The third kappa shape index (κ3) is 5.46. The molecule has 1 fully saturated rings. The molecule has 104 valence electrons. The zero-order valence-corrected chi connectivity index (χ0v) is 11.4. The van der Waals surface area contributed by atoms with Crippen LogP contribution in [0.25, 0.3) is 0 Å². The standard InChI is InChI=1S/C12H24N4O2/c1-8(2)14-12(18)15-11(17)7-16-5-9(3)4-10(13)6-16/h8-10H,4-7,13H2,1-3H3,(H2,14,15,17,18). The predicted octanol–water partition coefficient (Wildman–Crippen LogP) is -0.110. The van der Waals surface area contributed by atoms with Crippen LogP contribution in [0.4, 0.5) is 4.79 Å². The Labute approximate surface area is 108 Å². The number of amides is 3. The fourth-order valence-electron chi connectivity index (χ4n) is 2.31. The maximum atomic E-state index is 11.7. The summed E-state index contributed by atoms with van der Waals surface area (Å²) >= 11 is 0. The number of hydrogen-bond donors (Lipinski definition) is 3. The molecule has 1 aliphatic rings. The fourth-order valence-corrected chi connectivity index (χ4v) is 2.31. The van der Waals surface area contributed by atoms with Crippen molar-refractivity contribution >= 4 is 11.9 Å². The number of imide groups is 1. The summed E-state index contributed by atoms with van der Waals surface area (Å²) in [6.45, 7) is 7.60. The monoisotopic (exact) mass is 256 g/mol. The summed E-state index contributed by atoms with van der Waals surface area (Å²) in [6.07, 6.45) is 0.992. The van der Waals surface area contributed by atoms with E-state index < -0.39 is 6.03 Å². The highest BCUT2D eigenvalue weighted by Crippen LogP contribution is 2.14. The lowest BCUT2D eigenvalue weighted by Crippen LogP contribution is -2.51. The molecular formula is C12H24N4O2. The summed E-state index contributed by atoms with van der Waals surface area (Å²) in [5.74, 6) is 0.209. The number of rotatable bonds is 3. The van der Waals surface area contributed by atoms with Crippen molar-refractivity contribution < 1.29 is 9.59 Å². The Kier molecular flexibility index (Phi) is 5.55. The van der Waals surface area contributed by atoms with Gasteiger partial charge in [0.05, 0.1) is 6.54 Å². The SMILES string of the molecule is CC1CC(N)CN(CC(=O)NC(=O)NC(C)C)C1. The van der Waals surface area contributed by atoms with Gasteiger partial charge < -0.3 is 11.1 Å². The van der Waals surface area contributed by atoms with Gasteiger partial charge in [-0.2, -0.15) is 0 Å². The van der Waals surface area contributed by atoms with E-state index in [9.17, 15) is 9.59 Å². The quantitative estimate of drug-likeness (QED) is 0.657. The lowest BCUT2D eigenvalue weighted by Gasteiger charge is -2.34. The number of hydrogen-bond acceptors (Lipinski definition) is 4. The number of likely N-dealkylation sites (tertiary alicyclic amines) is 1. The Bertz CT molecular complexity index is 296. The minimum atomic E-state index is -0.440. The first kappa shape index (κ1) is 14.9. The van der Waals surface area contributed by atoms with Crippen LogP contribution < -0.4 is 16.4 Å². The fraction of sp³-hybridized carbons (Fsp3) is 0.833. The van der Waals surface area contributed by atoms with Gasteiger partial charge >= 0.3 is 6.03 Å². The first-order valence-electron chi connectivity index (χ1n) is 6.45. The lowest BCUT2D eigenvalue weighted by atomic mass is 9.97. The molecule has 0 aromatic rings. The number of piperidine rings is 1. The number of nitrogens with zero attached hydrogens (tertiary/aromatic N) is 1. The second kappa shape index (κ2) is 6.70. The van der Waals surface area contributed by atoms with Gasteiger partial charge in [-0.3, -0.25) is 15.0 Å². The van der Waals surface area contributed by atoms with Crippen molar-refractivity contribution in [2.75, 3.05) is 19.6 Å². The largest absolute Gasteiger partial charge is 0.336 e. The van der Waals surface area contributed by atoms with Crippen LogP contribution in [0.3, 0.4) is 0 Å². The molecule has 18 heavy (non-hydrogen) atoms. The minimum Gasteiger partial charge on any atom is -0.336 e. The third-order valence-corrected chi connectivity index (χ3v) is 2.81. The van der Waals surface area contributed by atoms with Crippen molar-refractivity contribution in [3.63, 3.8) is 0 Å². The normalized spacial score (nSPS) is 24.9. The van der Waals surface area contributed by atoms with Crippen LogP contribution in [-0.4, -0.2) is 48.6 Å². The first-order valence-corrected chi connectivity index (χ1v) is 6.45. The van der Waals surface area contributed by atoms with Crippen molar-refractivity contribution in [2.24, 2.45) is 11.7 Å². The summed E-state index contributed by atoms with van der Waals surface area (Å²) in [5.41, 5.74) is 5.91. The molecule has 0 spiro atoms. The summed E-state index contributed by atoms with van der Waals surface area (Å²) in [7, 11) is 0. The number of carbonyl (C=O) groups is 2. The first-order chi connectivity index (χ1) is 8.36. The minimum absolute atomic E-state index is 0.0150. The molecule has 1 aliphatic heterocycles. The van der Waals surface area contributed by atoms with E-state index in [1.165, 1.54) is 0 Å². The average molecular weight is 256 g/mol. The second-order valence-electron chi connectivity index (χ2n) is 5.47. The van der Waals surface area contributed by atoms with Crippen LogP contribution in [0.2, 0.25) is 0 Å². The van der Waals surface area contributed by atoms with Crippen LogP contribution in [0.5, 0.6) is 0 Å². The molecule has 0 aliphatic carbocycles. The van der Waals surface area contributed by atoms with E-state index in [0.29, 0.717) is 12.5 Å². The van der Waals surface area contributed by atoms with E-state index in [1.807, 2.05) is 18.7 Å². The van der Waals surface area contributed by atoms with Crippen molar-refractivity contribution in [2.45, 2.75) is 39.3 Å². The van der Waals surface area contributed by atoms with Gasteiger partial charge in [-0.15, -0.1) is 0 Å². The number of carbonyl (C=O) groups excluding carboxylic acids is 2. The van der Waals surface area contributed by atoms with E-state index in [4.69, 9.17) is 5.73 Å². The van der Waals surface area contributed by atoms with E-state index in [1.54, 1.807) is 0 Å². The van der Waals surface area contributed by atoms with Crippen LogP contribution in [0.15, 0.2) is 0 Å². The van der Waals surface area contributed by atoms with Crippen LogP contribution in [0, 0.1) is 5.92 Å². The molecule has 1 saturated heterocycles. The second-order valence-corrected chi connectivity index (χ2v) is 5.47. The summed E-state index contributed by atoms with van der Waals surface area (Å²) in [5, 5.41) is 4.93. The number of urea groups is 1. The molecule has 0 aromatic heterocycles. The topological polar surface area (TPSA) is 87.5 Å². The van der Waals surface area contributed by atoms with E-state index >= 15 is 0 Å². The van der Waals surface area contributed by atoms with Gasteiger partial charge in [0.25, 0.3) is 0 Å². The maximum absolute atomic E-state index is 11.7. The average Bonchev–Trinajstić information content (AvgIpc) is 2.12. The van der Waals surface area contributed by atoms with Gasteiger partial charge in [-0.25, -0.2) is 4.79 Å². The third-order valence-electron chi connectivity index (χ3n) is 2.81. The van der Waals surface area contributed by atoms with Crippen LogP contribution in [0.1, 0.15) is 27.2 Å². The molecule has 2 atom stereocenters. The Balaban J connectivity index is 2.33. The molecule has 1 heterocycles. The van der Waals surface area contributed by atoms with Gasteiger partial charge in [-0.05, 0) is 26.2 Å². The molecule has 6 heteroatoms. The Hall–Kier alpha value is -1.14. The molecule has 0 aromatic carbocycles. The molecule has 2 unspecified atom stereocenters. The van der Waals surface area contributed by atoms with Gasteiger partial charge in [0, 0.05) is 25.2 Å². The predicted molar refractivity (Wildman–Crippen MR) is 70.0 cm³/mol. The zero-order chi connectivity index (χ0) is 13.7. The number of nitrogens with one attached hydrogen (secondary N) is 2. The van der Waals surface area contributed by atoms with E-state index in [0.717, 1.165) is 13.0 Å². The van der Waals surface area contributed by atoms with Gasteiger partial charge in [-0.1, -0.05) is 6.92 Å². The Morgan fingerprint density at radius 2 is 2.06 bits per heavy atom. The smallest absolute Gasteiger partial charge is 0.321 e. The zero-order valence-electron chi connectivity index (χ0n) is 11.4. The van der Waals surface area contributed by atoms with Crippen LogP contribution in [-0.2, 0) is 4.79 Å². The van der Waals surface area contributed by atoms with Gasteiger partial charge in [0.1, 0.15) is 0 Å². The van der Waals surface area contributed by atoms with Crippen molar-refractivity contribution in [3.05, 3.63) is 0 Å². The molecular weight excluding hydrogens is 232 g/mol. The van der Waals surface area contributed by atoms with Gasteiger partial charge in [0.2, 0.25) is 5.91 Å².